The van der Waals surface area contributed by atoms with Crippen molar-refractivity contribution in [3.63, 3.8) is 0 Å². The van der Waals surface area contributed by atoms with E-state index >= 15 is 0 Å². The minimum atomic E-state index is 0.0114. The Hall–Kier alpha value is -8.40. The molecule has 13 aromatic rings. The molecule has 0 aliphatic heterocycles. The van der Waals surface area contributed by atoms with Crippen molar-refractivity contribution in [2.45, 2.75) is 157 Å². The average molecular weight is 1140 g/mol. The van der Waals surface area contributed by atoms with E-state index in [1.54, 1.807) is 0 Å². The quantitative estimate of drug-likeness (QED) is 0.158. The summed E-state index contributed by atoms with van der Waals surface area (Å²) in [5.74, 6) is 0. The number of hydrogen-bond donors (Lipinski definition) is 0. The summed E-state index contributed by atoms with van der Waals surface area (Å²) >= 11 is 0. The molecule has 87 heavy (non-hydrogen) atoms. The van der Waals surface area contributed by atoms with Crippen LogP contribution in [0.5, 0.6) is 0 Å². The third kappa shape index (κ3) is 10.3. The van der Waals surface area contributed by atoms with Crippen LogP contribution in [-0.2, 0) is 32.5 Å². The molecule has 438 valence electrons. The number of nitrogens with zero attached hydrogens (tertiary/aromatic N) is 3. The Bertz CT molecular complexity index is 4180. The van der Waals surface area contributed by atoms with Gasteiger partial charge in [-0.05, 0) is 227 Å². The second-order valence-corrected chi connectivity index (χ2v) is 31.3. The van der Waals surface area contributed by atoms with Crippen molar-refractivity contribution in [3.8, 4) is 50.4 Å². The van der Waals surface area contributed by atoms with E-state index in [2.05, 4.69) is 339 Å². The van der Waals surface area contributed by atoms with Crippen molar-refractivity contribution in [2.24, 2.45) is 0 Å². The van der Waals surface area contributed by atoms with Crippen molar-refractivity contribution in [1.29, 1.82) is 0 Å². The van der Waals surface area contributed by atoms with E-state index in [0.29, 0.717) is 0 Å². The van der Waals surface area contributed by atoms with Crippen LogP contribution in [0, 0.1) is 0 Å². The van der Waals surface area contributed by atoms with Crippen LogP contribution in [0.2, 0.25) is 0 Å². The summed E-state index contributed by atoms with van der Waals surface area (Å²) in [5, 5.41) is 7.74. The van der Waals surface area contributed by atoms with Crippen LogP contribution in [0.15, 0.2) is 200 Å². The fourth-order valence-electron chi connectivity index (χ4n) is 13.3. The topological polar surface area (TPSA) is 14.8 Å². The van der Waals surface area contributed by atoms with Crippen LogP contribution in [0.3, 0.4) is 0 Å². The van der Waals surface area contributed by atoms with Crippen molar-refractivity contribution < 1.29 is 0 Å². The van der Waals surface area contributed by atoms with E-state index in [1.165, 1.54) is 98.8 Å². The van der Waals surface area contributed by atoms with Gasteiger partial charge in [0, 0.05) is 49.4 Å². The van der Waals surface area contributed by atoms with Gasteiger partial charge in [-0.15, -0.1) is 0 Å². The summed E-state index contributed by atoms with van der Waals surface area (Å²) < 4.78 is 7.48. The predicted molar refractivity (Wildman–Crippen MR) is 378 cm³/mol. The fraction of sp³-hybridized carbons (Fsp3) is 0.286. The Balaban J connectivity index is 1.02. The average Bonchev–Trinajstić information content (AvgIpc) is 1.68. The zero-order valence-electron chi connectivity index (χ0n) is 54.9. The maximum Gasteiger partial charge on any atom is 0.0541 e. The van der Waals surface area contributed by atoms with Gasteiger partial charge in [-0.3, -0.25) is 0 Å². The normalized spacial score (nSPS) is 13.2. The van der Waals surface area contributed by atoms with Gasteiger partial charge in [0.1, 0.15) is 0 Å². The van der Waals surface area contributed by atoms with Crippen LogP contribution >= 0.6 is 0 Å². The molecule has 3 heterocycles. The summed E-state index contributed by atoms with van der Waals surface area (Å²) in [5.41, 5.74) is 25.8. The third-order valence-electron chi connectivity index (χ3n) is 18.7. The van der Waals surface area contributed by atoms with Crippen LogP contribution in [0.25, 0.3) is 116 Å². The van der Waals surface area contributed by atoms with Gasteiger partial charge in [0.2, 0.25) is 0 Å². The zero-order chi connectivity index (χ0) is 61.7. The summed E-state index contributed by atoms with van der Waals surface area (Å²) in [6.07, 6.45) is 0. The number of rotatable bonds is 6. The molecule has 3 aromatic heterocycles. The van der Waals surface area contributed by atoms with Gasteiger partial charge in [-0.25, -0.2) is 0 Å². The molecular formula is C84H87N3. The summed E-state index contributed by atoms with van der Waals surface area (Å²) in [6, 6.07) is 77.8. The maximum atomic E-state index is 2.49. The van der Waals surface area contributed by atoms with E-state index in [-0.39, 0.29) is 32.5 Å². The maximum absolute atomic E-state index is 2.49. The molecule has 0 fully saturated rings. The molecule has 3 heteroatoms. The summed E-state index contributed by atoms with van der Waals surface area (Å²) in [4.78, 5) is 0. The van der Waals surface area contributed by atoms with Crippen molar-refractivity contribution in [1.82, 2.24) is 13.7 Å². The molecule has 0 N–H and O–H groups in total. The Morgan fingerprint density at radius 1 is 0.184 bits per heavy atom. The van der Waals surface area contributed by atoms with E-state index in [0.717, 1.165) is 50.4 Å². The monoisotopic (exact) mass is 1140 g/mol. The molecule has 0 spiro atoms. The van der Waals surface area contributed by atoms with E-state index in [9.17, 15) is 0 Å². The standard InChI is InChI=1S/C84H87N3/c1-79(2,3)58-28-34-73-67(46-58)68-47-59(80(4,5)6)29-35-74(68)85(73)64-25-19-22-52(43-64)55-40-56(53-23-20-26-65(44-53)86-75-36-30-60(81(7,8)9)48-69(75)70-49-61(82(10,11)12)31-37-76(70)86)42-57(41-55)54-24-21-27-66(45-54)87-77-38-32-62(83(13,14)15)50-71(77)72-51-63(84(16,17)18)33-39-78(72)87/h19-51H,1-18H3. The van der Waals surface area contributed by atoms with Crippen molar-refractivity contribution >= 4 is 65.4 Å². The Morgan fingerprint density at radius 2 is 0.368 bits per heavy atom. The molecule has 0 bridgehead atoms. The Labute approximate surface area is 517 Å². The molecular weight excluding hydrogens is 1050 g/mol. The minimum Gasteiger partial charge on any atom is -0.309 e. The van der Waals surface area contributed by atoms with Crippen LogP contribution < -0.4 is 0 Å². The van der Waals surface area contributed by atoms with E-state index < -0.39 is 0 Å². The molecule has 0 atom stereocenters. The number of benzene rings is 10. The molecule has 10 aromatic carbocycles. The van der Waals surface area contributed by atoms with Gasteiger partial charge in [0.15, 0.2) is 0 Å². The summed E-state index contributed by atoms with van der Waals surface area (Å²) in [6.45, 7) is 41.7. The lowest BCUT2D eigenvalue weighted by atomic mass is 9.85. The van der Waals surface area contributed by atoms with Gasteiger partial charge >= 0.3 is 0 Å². The van der Waals surface area contributed by atoms with Gasteiger partial charge in [0.05, 0.1) is 33.1 Å². The molecule has 13 rings (SSSR count). The predicted octanol–water partition coefficient (Wildman–Crippen LogP) is 23.8. The highest BCUT2D eigenvalue weighted by molar-refractivity contribution is 6.12. The Morgan fingerprint density at radius 3 is 0.540 bits per heavy atom. The second-order valence-electron chi connectivity index (χ2n) is 31.3. The second kappa shape index (κ2) is 20.1. The molecule has 0 amide bonds. The highest BCUT2D eigenvalue weighted by atomic mass is 15.0. The number of fused-ring (bicyclic) bond motifs is 9. The lowest BCUT2D eigenvalue weighted by Crippen LogP contribution is -2.10. The zero-order valence-corrected chi connectivity index (χ0v) is 54.9. The molecule has 3 nitrogen and oxygen atoms in total. The largest absolute Gasteiger partial charge is 0.309 e. The number of hydrogen-bond acceptors (Lipinski definition) is 0. The SMILES string of the molecule is CC(C)(C)c1ccc2c(c1)c1cc(C(C)(C)C)ccc1n2-c1cccc(-c2cc(-c3cccc(-n4c5ccc(C(C)(C)C)cc5c5cc(C(C)(C)C)ccc54)c3)cc(-c3cccc(-n4c5ccc(C(C)(C)C)cc5c5cc(C(C)(C)C)ccc54)c3)c2)c1. The lowest BCUT2D eigenvalue weighted by molar-refractivity contribution is 0.590. The molecule has 0 radical (unpaired) electrons. The van der Waals surface area contributed by atoms with Crippen molar-refractivity contribution in [2.75, 3.05) is 0 Å². The highest BCUT2D eigenvalue weighted by Gasteiger charge is 2.26. The lowest BCUT2D eigenvalue weighted by Gasteiger charge is -2.19. The van der Waals surface area contributed by atoms with Gasteiger partial charge in [-0.2, -0.15) is 0 Å². The molecule has 0 saturated heterocycles. The Kier molecular flexibility index (Phi) is 13.3. The van der Waals surface area contributed by atoms with E-state index in [4.69, 9.17) is 0 Å². The first-order valence-corrected chi connectivity index (χ1v) is 31.6. The molecule has 0 unspecified atom stereocenters. The van der Waals surface area contributed by atoms with Crippen LogP contribution in [0.4, 0.5) is 0 Å². The first kappa shape index (κ1) is 57.7. The molecule has 0 aliphatic carbocycles. The fourth-order valence-corrected chi connectivity index (χ4v) is 13.3. The smallest absolute Gasteiger partial charge is 0.0541 e. The van der Waals surface area contributed by atoms with E-state index in [1.807, 2.05) is 0 Å². The molecule has 0 aliphatic rings. The first-order chi connectivity index (χ1) is 40.9. The van der Waals surface area contributed by atoms with Gasteiger partial charge < -0.3 is 13.7 Å². The first-order valence-electron chi connectivity index (χ1n) is 31.6. The van der Waals surface area contributed by atoms with Gasteiger partial charge in [0.25, 0.3) is 0 Å². The van der Waals surface area contributed by atoms with Crippen LogP contribution in [0.1, 0.15) is 158 Å². The minimum absolute atomic E-state index is 0.0114. The van der Waals surface area contributed by atoms with Gasteiger partial charge in [-0.1, -0.05) is 197 Å². The number of aromatic nitrogens is 3. The van der Waals surface area contributed by atoms with Crippen LogP contribution in [-0.4, -0.2) is 13.7 Å². The van der Waals surface area contributed by atoms with Crippen molar-refractivity contribution in [3.05, 3.63) is 234 Å². The summed E-state index contributed by atoms with van der Waals surface area (Å²) in [7, 11) is 0. The highest BCUT2D eigenvalue weighted by Crippen LogP contribution is 2.44. The molecule has 0 saturated carbocycles. The third-order valence-corrected chi connectivity index (χ3v) is 18.7.